The Balaban J connectivity index is 1.98. The topological polar surface area (TPSA) is 63.7 Å². The maximum atomic E-state index is 13.1. The first-order valence-electron chi connectivity index (χ1n) is 7.83. The number of halogens is 1. The van der Waals surface area contributed by atoms with Crippen LogP contribution in [-0.4, -0.2) is 39.0 Å². The molecule has 25 heavy (non-hydrogen) atoms. The molecule has 1 aliphatic heterocycles. The molecular formula is C18H18ClNO4S. The van der Waals surface area contributed by atoms with E-state index >= 15 is 0 Å². The fraction of sp³-hybridized carbons (Fsp3) is 0.278. The number of hydrogen-bond donors (Lipinski definition) is 0. The number of hydrogen-bond acceptors (Lipinski definition) is 4. The third-order valence-electron chi connectivity index (χ3n) is 4.23. The minimum Gasteiger partial charge on any atom is -0.497 e. The van der Waals surface area contributed by atoms with Crippen molar-refractivity contribution < 1.29 is 17.9 Å². The van der Waals surface area contributed by atoms with Crippen molar-refractivity contribution in [2.75, 3.05) is 23.5 Å². The average molecular weight is 380 g/mol. The normalized spacial score (nSPS) is 18.7. The maximum Gasteiger partial charge on any atom is 0.258 e. The van der Waals surface area contributed by atoms with Crippen molar-refractivity contribution in [3.63, 3.8) is 0 Å². The number of amides is 1. The molecule has 0 bridgehead atoms. The van der Waals surface area contributed by atoms with E-state index in [4.69, 9.17) is 16.3 Å². The second-order valence-electron chi connectivity index (χ2n) is 5.94. The fourth-order valence-corrected chi connectivity index (χ4v) is 4.77. The largest absolute Gasteiger partial charge is 0.497 e. The van der Waals surface area contributed by atoms with Gasteiger partial charge >= 0.3 is 0 Å². The summed E-state index contributed by atoms with van der Waals surface area (Å²) in [5, 5.41) is 0.538. The standard InChI is InChI=1S/C18H18ClNO4S/c1-24-17-8-6-15(7-9-17)20(16-10-11-25(22,23)12-16)18(21)13-2-4-14(19)5-3-13/h2-9,16H,10-12H2,1H3. The van der Waals surface area contributed by atoms with Gasteiger partial charge in [-0.1, -0.05) is 11.6 Å². The number of rotatable bonds is 4. The number of carbonyl (C=O) groups excluding carboxylic acids is 1. The first kappa shape index (κ1) is 17.8. The molecule has 2 aromatic carbocycles. The van der Waals surface area contributed by atoms with E-state index in [1.165, 1.54) is 0 Å². The highest BCUT2D eigenvalue weighted by Gasteiger charge is 2.35. The van der Waals surface area contributed by atoms with Gasteiger partial charge in [-0.15, -0.1) is 0 Å². The molecule has 1 amide bonds. The maximum absolute atomic E-state index is 13.1. The van der Waals surface area contributed by atoms with Crippen LogP contribution in [0.2, 0.25) is 5.02 Å². The van der Waals surface area contributed by atoms with Gasteiger partial charge < -0.3 is 9.64 Å². The number of methoxy groups -OCH3 is 1. The molecule has 1 saturated heterocycles. The van der Waals surface area contributed by atoms with Crippen molar-refractivity contribution >= 4 is 33.0 Å². The Morgan fingerprint density at radius 1 is 1.12 bits per heavy atom. The third kappa shape index (κ3) is 3.96. The molecule has 2 aromatic rings. The lowest BCUT2D eigenvalue weighted by Gasteiger charge is -2.28. The predicted octanol–water partition coefficient (Wildman–Crippen LogP) is 3.18. The zero-order valence-electron chi connectivity index (χ0n) is 13.7. The smallest absolute Gasteiger partial charge is 0.258 e. The number of sulfone groups is 1. The summed E-state index contributed by atoms with van der Waals surface area (Å²) in [4.78, 5) is 14.6. The lowest BCUT2D eigenvalue weighted by Crippen LogP contribution is -2.41. The third-order valence-corrected chi connectivity index (χ3v) is 6.24. The fourth-order valence-electron chi connectivity index (χ4n) is 2.95. The van der Waals surface area contributed by atoms with Crippen LogP contribution < -0.4 is 9.64 Å². The summed E-state index contributed by atoms with van der Waals surface area (Å²) in [7, 11) is -1.56. The molecule has 0 radical (unpaired) electrons. The van der Waals surface area contributed by atoms with Crippen molar-refractivity contribution in [2.24, 2.45) is 0 Å². The van der Waals surface area contributed by atoms with Crippen LogP contribution in [0.4, 0.5) is 5.69 Å². The van der Waals surface area contributed by atoms with Crippen LogP contribution in [0.3, 0.4) is 0 Å². The average Bonchev–Trinajstić information content (AvgIpc) is 2.96. The van der Waals surface area contributed by atoms with E-state index in [9.17, 15) is 13.2 Å². The van der Waals surface area contributed by atoms with Crippen LogP contribution in [0.5, 0.6) is 5.75 Å². The first-order valence-corrected chi connectivity index (χ1v) is 10.0. The van der Waals surface area contributed by atoms with Crippen LogP contribution in [0.1, 0.15) is 16.8 Å². The molecule has 1 atom stereocenters. The highest BCUT2D eigenvalue weighted by atomic mass is 35.5. The van der Waals surface area contributed by atoms with Gasteiger partial charge in [0.05, 0.1) is 24.7 Å². The van der Waals surface area contributed by atoms with Crippen LogP contribution in [0, 0.1) is 0 Å². The van der Waals surface area contributed by atoms with Crippen LogP contribution >= 0.6 is 11.6 Å². The molecule has 1 unspecified atom stereocenters. The quantitative estimate of drug-likeness (QED) is 0.818. The Morgan fingerprint density at radius 3 is 2.28 bits per heavy atom. The Kier molecular flexibility index (Phi) is 5.01. The molecule has 3 rings (SSSR count). The van der Waals surface area contributed by atoms with Crippen LogP contribution in [0.25, 0.3) is 0 Å². The van der Waals surface area contributed by atoms with Crippen LogP contribution in [-0.2, 0) is 9.84 Å². The van der Waals surface area contributed by atoms with E-state index in [-0.39, 0.29) is 23.5 Å². The summed E-state index contributed by atoms with van der Waals surface area (Å²) in [5.41, 5.74) is 1.10. The number of ether oxygens (including phenoxy) is 1. The van der Waals surface area contributed by atoms with Crippen molar-refractivity contribution in [3.8, 4) is 5.75 Å². The lowest BCUT2D eigenvalue weighted by molar-refractivity contribution is 0.0979. The number of anilines is 1. The molecule has 1 fully saturated rings. The van der Waals surface area contributed by atoms with Gasteiger partial charge in [0.1, 0.15) is 5.75 Å². The summed E-state index contributed by atoms with van der Waals surface area (Å²) >= 11 is 5.89. The molecule has 7 heteroatoms. The van der Waals surface area contributed by atoms with E-state index in [0.717, 1.165) is 0 Å². The van der Waals surface area contributed by atoms with Gasteiger partial charge in [0.25, 0.3) is 5.91 Å². The Hall–Kier alpha value is -2.05. The minimum absolute atomic E-state index is 0.0294. The molecule has 0 aliphatic carbocycles. The molecule has 0 spiro atoms. The van der Waals surface area contributed by atoms with Gasteiger partial charge in [0, 0.05) is 16.3 Å². The Labute approximate surface area is 152 Å². The van der Waals surface area contributed by atoms with Crippen molar-refractivity contribution in [3.05, 3.63) is 59.1 Å². The summed E-state index contributed by atoms with van der Waals surface area (Å²) in [6.45, 7) is 0. The van der Waals surface area contributed by atoms with Crippen molar-refractivity contribution in [2.45, 2.75) is 12.5 Å². The molecule has 0 N–H and O–H groups in total. The van der Waals surface area contributed by atoms with E-state index < -0.39 is 9.84 Å². The van der Waals surface area contributed by atoms with E-state index in [1.807, 2.05) is 0 Å². The molecule has 0 aromatic heterocycles. The number of benzene rings is 2. The second kappa shape index (κ2) is 7.06. The van der Waals surface area contributed by atoms with Gasteiger partial charge in [0.15, 0.2) is 9.84 Å². The monoisotopic (exact) mass is 379 g/mol. The zero-order valence-corrected chi connectivity index (χ0v) is 15.3. The lowest BCUT2D eigenvalue weighted by atomic mass is 10.1. The summed E-state index contributed by atoms with van der Waals surface area (Å²) in [6.07, 6.45) is 0.424. The van der Waals surface area contributed by atoms with Gasteiger partial charge in [-0.3, -0.25) is 4.79 Å². The highest BCUT2D eigenvalue weighted by molar-refractivity contribution is 7.91. The summed E-state index contributed by atoms with van der Waals surface area (Å²) in [6, 6.07) is 13.2. The summed E-state index contributed by atoms with van der Waals surface area (Å²) in [5.74, 6) is 0.488. The number of carbonyl (C=O) groups is 1. The summed E-state index contributed by atoms with van der Waals surface area (Å²) < 4.78 is 29.0. The molecule has 1 aliphatic rings. The SMILES string of the molecule is COc1ccc(N(C(=O)c2ccc(Cl)cc2)C2CCS(=O)(=O)C2)cc1. The molecule has 5 nitrogen and oxygen atoms in total. The Morgan fingerprint density at radius 2 is 1.76 bits per heavy atom. The van der Waals surface area contributed by atoms with Gasteiger partial charge in [-0.05, 0) is 55.0 Å². The first-order chi connectivity index (χ1) is 11.9. The molecule has 132 valence electrons. The predicted molar refractivity (Wildman–Crippen MR) is 98.3 cm³/mol. The van der Waals surface area contributed by atoms with Gasteiger partial charge in [-0.2, -0.15) is 0 Å². The zero-order chi connectivity index (χ0) is 18.0. The van der Waals surface area contributed by atoms with Gasteiger partial charge in [-0.25, -0.2) is 8.42 Å². The van der Waals surface area contributed by atoms with E-state index in [1.54, 1.807) is 60.5 Å². The van der Waals surface area contributed by atoms with Crippen molar-refractivity contribution in [1.82, 2.24) is 0 Å². The highest BCUT2D eigenvalue weighted by Crippen LogP contribution is 2.28. The minimum atomic E-state index is -3.12. The number of nitrogens with zero attached hydrogens (tertiary/aromatic N) is 1. The van der Waals surface area contributed by atoms with Crippen LogP contribution in [0.15, 0.2) is 48.5 Å². The molecule has 1 heterocycles. The second-order valence-corrected chi connectivity index (χ2v) is 8.60. The molecule has 0 saturated carbocycles. The van der Waals surface area contributed by atoms with E-state index in [0.29, 0.717) is 28.4 Å². The Bertz CT molecular complexity index is 863. The van der Waals surface area contributed by atoms with E-state index in [2.05, 4.69) is 0 Å². The van der Waals surface area contributed by atoms with Gasteiger partial charge in [0.2, 0.25) is 0 Å². The molecular weight excluding hydrogens is 362 g/mol. The van der Waals surface area contributed by atoms with Crippen molar-refractivity contribution in [1.29, 1.82) is 0 Å².